The van der Waals surface area contributed by atoms with Crippen molar-refractivity contribution in [3.63, 3.8) is 0 Å². The number of terminal acetylenes is 1. The lowest BCUT2D eigenvalue weighted by Crippen LogP contribution is -2.17. The minimum Gasteiger partial charge on any atom is -0.295 e. The highest BCUT2D eigenvalue weighted by atomic mass is 16.6. The standard InChI is InChI=1S/C13H11N3O3/c1-3-5-12-9(2)14-15(13(12)17)10-6-4-7-11(8-10)16(18)19/h1,4,6-8,14H,5H2,2H3. The average Bonchev–Trinajstić information content (AvgIpc) is 2.67. The van der Waals surface area contributed by atoms with E-state index in [1.54, 1.807) is 13.0 Å². The molecule has 1 N–H and O–H groups in total. The van der Waals surface area contributed by atoms with Crippen LogP contribution in [0.3, 0.4) is 0 Å². The molecule has 0 unspecified atom stereocenters. The summed E-state index contributed by atoms with van der Waals surface area (Å²) in [5.41, 5.74) is 1.21. The van der Waals surface area contributed by atoms with Gasteiger partial charge in [0, 0.05) is 24.2 Å². The second-order valence-corrected chi connectivity index (χ2v) is 4.01. The maximum atomic E-state index is 12.1. The van der Waals surface area contributed by atoms with E-state index in [1.807, 2.05) is 0 Å². The number of nitrogens with one attached hydrogen (secondary N) is 1. The number of nitro benzene ring substituents is 1. The summed E-state index contributed by atoms with van der Waals surface area (Å²) in [4.78, 5) is 22.3. The van der Waals surface area contributed by atoms with Crippen molar-refractivity contribution in [2.24, 2.45) is 0 Å². The van der Waals surface area contributed by atoms with Gasteiger partial charge in [-0.05, 0) is 13.0 Å². The second-order valence-electron chi connectivity index (χ2n) is 4.01. The Morgan fingerprint density at radius 2 is 2.26 bits per heavy atom. The summed E-state index contributed by atoms with van der Waals surface area (Å²) < 4.78 is 1.26. The molecule has 2 aromatic rings. The Labute approximate surface area is 108 Å². The second kappa shape index (κ2) is 4.82. The summed E-state index contributed by atoms with van der Waals surface area (Å²) in [6.45, 7) is 1.74. The van der Waals surface area contributed by atoms with Crippen LogP contribution in [0.15, 0.2) is 29.1 Å². The number of rotatable bonds is 3. The lowest BCUT2D eigenvalue weighted by atomic mass is 10.2. The smallest absolute Gasteiger partial charge is 0.275 e. The van der Waals surface area contributed by atoms with Gasteiger partial charge in [-0.3, -0.25) is 20.0 Å². The molecule has 6 nitrogen and oxygen atoms in total. The number of hydrogen-bond donors (Lipinski definition) is 1. The van der Waals surface area contributed by atoms with Gasteiger partial charge in [0.1, 0.15) is 0 Å². The molecule has 0 radical (unpaired) electrons. The van der Waals surface area contributed by atoms with Gasteiger partial charge in [-0.2, -0.15) is 0 Å². The Morgan fingerprint density at radius 1 is 1.53 bits per heavy atom. The Bertz CT molecular complexity index is 734. The number of nitrogens with zero attached hydrogens (tertiary/aromatic N) is 2. The van der Waals surface area contributed by atoms with Gasteiger partial charge in [0.2, 0.25) is 0 Å². The fourth-order valence-electron chi connectivity index (χ4n) is 1.82. The molecule has 2 rings (SSSR count). The van der Waals surface area contributed by atoms with E-state index in [0.29, 0.717) is 16.9 Å². The lowest BCUT2D eigenvalue weighted by Gasteiger charge is -2.00. The number of aromatic nitrogens is 2. The number of benzene rings is 1. The molecule has 0 bridgehead atoms. The van der Waals surface area contributed by atoms with Crippen molar-refractivity contribution >= 4 is 5.69 Å². The molecule has 19 heavy (non-hydrogen) atoms. The molecule has 0 aliphatic carbocycles. The monoisotopic (exact) mass is 257 g/mol. The molecule has 0 amide bonds. The summed E-state index contributed by atoms with van der Waals surface area (Å²) in [7, 11) is 0. The Morgan fingerprint density at radius 3 is 2.89 bits per heavy atom. The number of hydrogen-bond acceptors (Lipinski definition) is 3. The molecule has 0 aliphatic heterocycles. The lowest BCUT2D eigenvalue weighted by molar-refractivity contribution is -0.384. The normalized spacial score (nSPS) is 10.1. The van der Waals surface area contributed by atoms with Gasteiger partial charge in [0.05, 0.1) is 16.2 Å². The molecular weight excluding hydrogens is 246 g/mol. The first-order valence-electron chi connectivity index (χ1n) is 5.53. The molecule has 1 aromatic carbocycles. The van der Waals surface area contributed by atoms with Crippen molar-refractivity contribution in [3.8, 4) is 18.0 Å². The zero-order valence-corrected chi connectivity index (χ0v) is 10.2. The largest absolute Gasteiger partial charge is 0.295 e. The van der Waals surface area contributed by atoms with E-state index in [9.17, 15) is 14.9 Å². The third kappa shape index (κ3) is 2.26. The average molecular weight is 257 g/mol. The Hall–Kier alpha value is -2.81. The van der Waals surface area contributed by atoms with Crippen LogP contribution in [0, 0.1) is 29.4 Å². The minimum absolute atomic E-state index is 0.0739. The summed E-state index contributed by atoms with van der Waals surface area (Å²) >= 11 is 0. The maximum Gasteiger partial charge on any atom is 0.275 e. The van der Waals surface area contributed by atoms with Gasteiger partial charge in [0.25, 0.3) is 11.2 Å². The third-order valence-electron chi connectivity index (χ3n) is 2.77. The van der Waals surface area contributed by atoms with E-state index in [4.69, 9.17) is 6.42 Å². The first-order valence-corrected chi connectivity index (χ1v) is 5.53. The Kier molecular flexibility index (Phi) is 3.21. The number of non-ortho nitro benzene ring substituents is 1. The van der Waals surface area contributed by atoms with Gasteiger partial charge in [-0.15, -0.1) is 12.3 Å². The highest BCUT2D eigenvalue weighted by Gasteiger charge is 2.13. The maximum absolute atomic E-state index is 12.1. The predicted molar refractivity (Wildman–Crippen MR) is 70.3 cm³/mol. The third-order valence-corrected chi connectivity index (χ3v) is 2.77. The van der Waals surface area contributed by atoms with Crippen molar-refractivity contribution < 1.29 is 4.92 Å². The van der Waals surface area contributed by atoms with E-state index in [1.165, 1.54) is 22.9 Å². The molecule has 0 saturated carbocycles. The van der Waals surface area contributed by atoms with Gasteiger partial charge in [0.15, 0.2) is 0 Å². The van der Waals surface area contributed by atoms with E-state index in [0.717, 1.165) is 0 Å². The van der Waals surface area contributed by atoms with Crippen molar-refractivity contribution in [1.29, 1.82) is 0 Å². The van der Waals surface area contributed by atoms with Gasteiger partial charge >= 0.3 is 0 Å². The minimum atomic E-state index is -0.507. The fourth-order valence-corrected chi connectivity index (χ4v) is 1.82. The van der Waals surface area contributed by atoms with Crippen LogP contribution in [0.4, 0.5) is 5.69 Å². The molecule has 0 spiro atoms. The van der Waals surface area contributed by atoms with Crippen LogP contribution in [0.2, 0.25) is 0 Å². The summed E-state index contributed by atoms with van der Waals surface area (Å²) in [6.07, 6.45) is 5.43. The molecule has 0 fully saturated rings. The highest BCUT2D eigenvalue weighted by Crippen LogP contribution is 2.15. The van der Waals surface area contributed by atoms with E-state index < -0.39 is 4.92 Å². The summed E-state index contributed by atoms with van der Waals surface area (Å²) in [6, 6.07) is 5.84. The summed E-state index contributed by atoms with van der Waals surface area (Å²) in [5, 5.41) is 13.6. The van der Waals surface area contributed by atoms with Gasteiger partial charge in [-0.25, -0.2) is 4.68 Å². The van der Waals surface area contributed by atoms with Gasteiger partial charge < -0.3 is 0 Å². The molecule has 1 heterocycles. The van der Waals surface area contributed by atoms with Crippen LogP contribution in [0.25, 0.3) is 5.69 Å². The van der Waals surface area contributed by atoms with Crippen LogP contribution < -0.4 is 5.56 Å². The van der Waals surface area contributed by atoms with E-state index in [2.05, 4.69) is 11.0 Å². The van der Waals surface area contributed by atoms with Crippen LogP contribution in [0.1, 0.15) is 11.3 Å². The SMILES string of the molecule is C#CCc1c(C)[nH]n(-c2cccc([N+](=O)[O-])c2)c1=O. The number of nitro groups is 1. The number of H-pyrrole nitrogens is 1. The first kappa shape index (κ1) is 12.6. The van der Waals surface area contributed by atoms with Crippen LogP contribution in [0.5, 0.6) is 0 Å². The molecule has 1 aromatic heterocycles. The number of aryl methyl sites for hydroxylation is 1. The molecule has 0 saturated heterocycles. The highest BCUT2D eigenvalue weighted by molar-refractivity contribution is 5.43. The molecule has 6 heteroatoms. The molecular formula is C13H11N3O3. The van der Waals surface area contributed by atoms with Crippen LogP contribution in [-0.2, 0) is 6.42 Å². The topological polar surface area (TPSA) is 80.9 Å². The van der Waals surface area contributed by atoms with Gasteiger partial charge in [-0.1, -0.05) is 6.07 Å². The number of aromatic amines is 1. The zero-order chi connectivity index (χ0) is 14.0. The summed E-state index contributed by atoms with van der Waals surface area (Å²) in [5.74, 6) is 2.42. The van der Waals surface area contributed by atoms with E-state index >= 15 is 0 Å². The Balaban J connectivity index is 2.57. The molecule has 96 valence electrons. The van der Waals surface area contributed by atoms with E-state index in [-0.39, 0.29) is 17.7 Å². The fraction of sp³-hybridized carbons (Fsp3) is 0.154. The first-order chi connectivity index (χ1) is 9.04. The van der Waals surface area contributed by atoms with Crippen LogP contribution in [-0.4, -0.2) is 14.7 Å². The van der Waals surface area contributed by atoms with Crippen molar-refractivity contribution in [2.75, 3.05) is 0 Å². The molecule has 0 aliphatic rings. The van der Waals surface area contributed by atoms with Crippen molar-refractivity contribution in [2.45, 2.75) is 13.3 Å². The van der Waals surface area contributed by atoms with Crippen molar-refractivity contribution in [1.82, 2.24) is 9.78 Å². The van der Waals surface area contributed by atoms with Crippen LogP contribution >= 0.6 is 0 Å². The predicted octanol–water partition coefficient (Wildman–Crippen LogP) is 1.56. The van der Waals surface area contributed by atoms with Crippen molar-refractivity contribution in [3.05, 3.63) is 56.0 Å². The quantitative estimate of drug-likeness (QED) is 0.514. The zero-order valence-electron chi connectivity index (χ0n) is 10.2. The molecule has 0 atom stereocenters.